The van der Waals surface area contributed by atoms with Crippen LogP contribution in [-0.4, -0.2) is 44.2 Å². The van der Waals surface area contributed by atoms with E-state index in [-0.39, 0.29) is 18.6 Å². The molecule has 0 bridgehead atoms. The molecule has 3 rings (SSSR count). The Morgan fingerprint density at radius 1 is 1.21 bits per heavy atom. The van der Waals surface area contributed by atoms with Crippen LogP contribution in [-0.2, 0) is 4.79 Å². The number of ether oxygens (including phenoxy) is 2. The van der Waals surface area contributed by atoms with Crippen molar-refractivity contribution in [1.29, 1.82) is 0 Å². The number of hydrogen-bond donors (Lipinski definition) is 1. The van der Waals surface area contributed by atoms with Crippen molar-refractivity contribution in [2.45, 2.75) is 25.8 Å². The first kappa shape index (κ1) is 20.5. The number of nitrogens with zero attached hydrogens (tertiary/aromatic N) is 1. The molecule has 1 amide bonds. The van der Waals surface area contributed by atoms with Crippen LogP contribution in [0.25, 0.3) is 0 Å². The van der Waals surface area contributed by atoms with Crippen molar-refractivity contribution in [3.63, 3.8) is 0 Å². The molecule has 6 heteroatoms. The lowest BCUT2D eigenvalue weighted by Crippen LogP contribution is -2.38. The van der Waals surface area contributed by atoms with Gasteiger partial charge in [0.25, 0.3) is 5.91 Å². The van der Waals surface area contributed by atoms with Crippen molar-refractivity contribution in [2.24, 2.45) is 0 Å². The molecule has 1 saturated heterocycles. The molecular weight excluding hydrogens is 376 g/mol. The number of carbonyl (C=O) groups excluding carboxylic acids is 1. The Hall–Kier alpha value is -2.24. The van der Waals surface area contributed by atoms with Gasteiger partial charge in [0.15, 0.2) is 6.61 Å². The molecule has 2 aromatic rings. The summed E-state index contributed by atoms with van der Waals surface area (Å²) in [4.78, 5) is 14.8. The minimum absolute atomic E-state index is 0.0281. The number of hydrogen-bond acceptors (Lipinski definition) is 4. The lowest BCUT2D eigenvalue weighted by Gasteiger charge is -2.29. The molecule has 2 aromatic carbocycles. The van der Waals surface area contributed by atoms with Crippen molar-refractivity contribution < 1.29 is 14.3 Å². The van der Waals surface area contributed by atoms with Gasteiger partial charge in [-0.15, -0.1) is 0 Å². The molecule has 1 N–H and O–H groups in total. The molecule has 0 saturated carbocycles. The molecular formula is C22H27ClN2O3. The second-order valence-corrected chi connectivity index (χ2v) is 7.41. The van der Waals surface area contributed by atoms with Crippen molar-refractivity contribution >= 4 is 17.5 Å². The number of amides is 1. The summed E-state index contributed by atoms with van der Waals surface area (Å²) >= 11 is 6.02. The van der Waals surface area contributed by atoms with E-state index in [0.29, 0.717) is 17.3 Å². The number of nitrogens with one attached hydrogen (secondary N) is 1. The van der Waals surface area contributed by atoms with Crippen LogP contribution in [0.1, 0.15) is 30.0 Å². The van der Waals surface area contributed by atoms with Gasteiger partial charge in [-0.2, -0.15) is 0 Å². The number of carbonyl (C=O) groups is 1. The van der Waals surface area contributed by atoms with Crippen LogP contribution in [0, 0.1) is 6.92 Å². The number of methoxy groups -OCH3 is 1. The Bertz CT molecular complexity index is 806. The summed E-state index contributed by atoms with van der Waals surface area (Å²) < 4.78 is 11.1. The first-order chi connectivity index (χ1) is 13.6. The van der Waals surface area contributed by atoms with E-state index in [1.54, 1.807) is 19.2 Å². The fraction of sp³-hybridized carbons (Fsp3) is 0.409. The average Bonchev–Trinajstić information content (AvgIpc) is 3.24. The van der Waals surface area contributed by atoms with Gasteiger partial charge < -0.3 is 14.8 Å². The van der Waals surface area contributed by atoms with Gasteiger partial charge >= 0.3 is 0 Å². The van der Waals surface area contributed by atoms with E-state index in [9.17, 15) is 4.79 Å². The van der Waals surface area contributed by atoms with Crippen LogP contribution in [0.15, 0.2) is 42.5 Å². The molecule has 5 nitrogen and oxygen atoms in total. The van der Waals surface area contributed by atoms with Crippen LogP contribution in [0.3, 0.4) is 0 Å². The maximum atomic E-state index is 12.4. The fourth-order valence-corrected chi connectivity index (χ4v) is 3.67. The second-order valence-electron chi connectivity index (χ2n) is 7.00. The normalized spacial score (nSPS) is 15.2. The Kier molecular flexibility index (Phi) is 7.18. The third kappa shape index (κ3) is 5.18. The first-order valence-corrected chi connectivity index (χ1v) is 9.99. The summed E-state index contributed by atoms with van der Waals surface area (Å²) in [5.74, 6) is 1.34. The monoisotopic (exact) mass is 402 g/mol. The molecule has 0 aromatic heterocycles. The first-order valence-electron chi connectivity index (χ1n) is 9.61. The number of likely N-dealkylation sites (tertiary alicyclic amines) is 1. The molecule has 28 heavy (non-hydrogen) atoms. The van der Waals surface area contributed by atoms with E-state index >= 15 is 0 Å². The highest BCUT2D eigenvalue weighted by molar-refractivity contribution is 6.31. The van der Waals surface area contributed by atoms with E-state index in [0.717, 1.165) is 30.0 Å². The van der Waals surface area contributed by atoms with E-state index < -0.39 is 0 Å². The molecule has 0 spiro atoms. The van der Waals surface area contributed by atoms with Crippen molar-refractivity contribution in [3.05, 3.63) is 58.6 Å². The lowest BCUT2D eigenvalue weighted by atomic mass is 10.0. The highest BCUT2D eigenvalue weighted by Gasteiger charge is 2.26. The van der Waals surface area contributed by atoms with Gasteiger partial charge in [0.2, 0.25) is 0 Å². The van der Waals surface area contributed by atoms with Crippen LogP contribution < -0.4 is 14.8 Å². The Labute approximate surface area is 171 Å². The Balaban J connectivity index is 1.61. The molecule has 1 fully saturated rings. The second kappa shape index (κ2) is 9.80. The van der Waals surface area contributed by atoms with Crippen LogP contribution in [0.5, 0.6) is 11.5 Å². The van der Waals surface area contributed by atoms with E-state index in [1.165, 1.54) is 12.8 Å². The smallest absolute Gasteiger partial charge is 0.258 e. The largest absolute Gasteiger partial charge is 0.496 e. The highest BCUT2D eigenvalue weighted by atomic mass is 35.5. The zero-order valence-electron chi connectivity index (χ0n) is 16.4. The minimum atomic E-state index is -0.147. The highest BCUT2D eigenvalue weighted by Crippen LogP contribution is 2.31. The van der Waals surface area contributed by atoms with Gasteiger partial charge in [0.05, 0.1) is 13.2 Å². The van der Waals surface area contributed by atoms with Crippen molar-refractivity contribution in [1.82, 2.24) is 10.2 Å². The Morgan fingerprint density at radius 3 is 2.68 bits per heavy atom. The molecule has 1 atom stereocenters. The quantitative estimate of drug-likeness (QED) is 0.725. The van der Waals surface area contributed by atoms with Crippen molar-refractivity contribution in [3.8, 4) is 11.5 Å². The van der Waals surface area contributed by atoms with Gasteiger partial charge in [0, 0.05) is 17.1 Å². The third-order valence-corrected chi connectivity index (χ3v) is 5.50. The van der Waals surface area contributed by atoms with Crippen LogP contribution in [0.2, 0.25) is 5.02 Å². The van der Waals surface area contributed by atoms with Crippen LogP contribution in [0.4, 0.5) is 0 Å². The molecule has 1 aliphatic rings. The fourth-order valence-electron chi connectivity index (χ4n) is 3.55. The molecule has 0 radical (unpaired) electrons. The average molecular weight is 403 g/mol. The molecule has 1 heterocycles. The van der Waals surface area contributed by atoms with Gasteiger partial charge in [-0.05, 0) is 62.7 Å². The maximum Gasteiger partial charge on any atom is 0.258 e. The lowest BCUT2D eigenvalue weighted by molar-refractivity contribution is -0.123. The summed E-state index contributed by atoms with van der Waals surface area (Å²) in [6.45, 7) is 4.45. The summed E-state index contributed by atoms with van der Waals surface area (Å²) in [5.41, 5.74) is 2.02. The summed E-state index contributed by atoms with van der Waals surface area (Å²) in [5, 5.41) is 3.70. The van der Waals surface area contributed by atoms with E-state index in [4.69, 9.17) is 21.1 Å². The number of rotatable bonds is 8. The molecule has 1 aliphatic heterocycles. The van der Waals surface area contributed by atoms with E-state index in [2.05, 4.69) is 16.3 Å². The van der Waals surface area contributed by atoms with Gasteiger partial charge in [-0.1, -0.05) is 29.8 Å². The molecule has 1 unspecified atom stereocenters. The molecule has 150 valence electrons. The van der Waals surface area contributed by atoms with Crippen molar-refractivity contribution in [2.75, 3.05) is 33.4 Å². The number of halogens is 1. The molecule has 0 aliphatic carbocycles. The number of benzene rings is 2. The van der Waals surface area contributed by atoms with Gasteiger partial charge in [-0.25, -0.2) is 0 Å². The standard InChI is InChI=1S/C22H27ClN2O3/c1-16-13-17(9-10-19(16)23)28-15-22(26)24-14-20(25-11-5-6-12-25)18-7-3-4-8-21(18)27-2/h3-4,7-10,13,20H,5-6,11-12,14-15H2,1-2H3,(H,24,26). The maximum absolute atomic E-state index is 12.4. The summed E-state index contributed by atoms with van der Waals surface area (Å²) in [6.07, 6.45) is 2.36. The predicted octanol–water partition coefficient (Wildman–Crippen LogP) is 3.99. The topological polar surface area (TPSA) is 50.8 Å². The summed E-state index contributed by atoms with van der Waals surface area (Å²) in [6, 6.07) is 13.5. The zero-order chi connectivity index (χ0) is 19.9. The number of aryl methyl sites for hydroxylation is 1. The van der Waals surface area contributed by atoms with E-state index in [1.807, 2.05) is 31.2 Å². The van der Waals surface area contributed by atoms with Gasteiger partial charge in [0.1, 0.15) is 11.5 Å². The SMILES string of the molecule is COc1ccccc1C(CNC(=O)COc1ccc(Cl)c(C)c1)N1CCCC1. The predicted molar refractivity (Wildman–Crippen MR) is 111 cm³/mol. The van der Waals surface area contributed by atoms with Crippen LogP contribution >= 0.6 is 11.6 Å². The number of para-hydroxylation sites is 1. The minimum Gasteiger partial charge on any atom is -0.496 e. The Morgan fingerprint density at radius 2 is 1.96 bits per heavy atom. The van der Waals surface area contributed by atoms with Gasteiger partial charge in [-0.3, -0.25) is 9.69 Å². The third-order valence-electron chi connectivity index (χ3n) is 5.07. The summed E-state index contributed by atoms with van der Waals surface area (Å²) in [7, 11) is 1.68. The zero-order valence-corrected chi connectivity index (χ0v) is 17.2.